The molecule has 0 bridgehead atoms. The molecule has 1 saturated carbocycles. The maximum Gasteiger partial charge on any atom is 0.0294 e. The predicted octanol–water partition coefficient (Wildman–Crippen LogP) is 4.61. The molecule has 0 heterocycles. The van der Waals surface area contributed by atoms with Gasteiger partial charge in [0.15, 0.2) is 0 Å². The molecular formula is C17H27N. The molecule has 1 aromatic rings. The molecule has 1 N–H and O–H groups in total. The lowest BCUT2D eigenvalue weighted by Crippen LogP contribution is -2.39. The Morgan fingerprint density at radius 3 is 2.50 bits per heavy atom. The van der Waals surface area contributed by atoms with Crippen LogP contribution in [0.25, 0.3) is 0 Å². The Labute approximate surface area is 112 Å². The van der Waals surface area contributed by atoms with Gasteiger partial charge in [0.1, 0.15) is 0 Å². The van der Waals surface area contributed by atoms with Gasteiger partial charge >= 0.3 is 0 Å². The first-order chi connectivity index (χ1) is 8.70. The Kier molecular flexibility index (Phi) is 4.82. The molecule has 1 aliphatic rings. The van der Waals surface area contributed by atoms with Gasteiger partial charge in [-0.3, -0.25) is 0 Å². The van der Waals surface area contributed by atoms with Crippen molar-refractivity contribution < 1.29 is 0 Å². The predicted molar refractivity (Wildman–Crippen MR) is 78.8 cm³/mol. The van der Waals surface area contributed by atoms with Crippen LogP contribution < -0.4 is 5.32 Å². The summed E-state index contributed by atoms with van der Waals surface area (Å²) in [7, 11) is 0. The van der Waals surface area contributed by atoms with Gasteiger partial charge in [-0.05, 0) is 38.2 Å². The normalized spacial score (nSPS) is 25.9. The zero-order valence-electron chi connectivity index (χ0n) is 12.1. The minimum Gasteiger partial charge on any atom is -0.307 e. The summed E-state index contributed by atoms with van der Waals surface area (Å²) in [4.78, 5) is 0. The minimum absolute atomic E-state index is 0.475. The van der Waals surface area contributed by atoms with Gasteiger partial charge in [0.2, 0.25) is 0 Å². The molecule has 3 atom stereocenters. The lowest BCUT2D eigenvalue weighted by Gasteiger charge is -2.34. The summed E-state index contributed by atoms with van der Waals surface area (Å²) in [6, 6.07) is 10.1. The molecule has 1 fully saturated rings. The molecule has 1 nitrogen and oxygen atoms in total. The SMILES string of the molecule is CCC1CCCCC1N[C@H](C)c1ccc(C)cc1. The minimum atomic E-state index is 0.475. The zero-order valence-corrected chi connectivity index (χ0v) is 12.1. The van der Waals surface area contributed by atoms with Crippen LogP contribution in [0.15, 0.2) is 24.3 Å². The van der Waals surface area contributed by atoms with Crippen LogP contribution >= 0.6 is 0 Å². The van der Waals surface area contributed by atoms with Crippen molar-refractivity contribution in [3.05, 3.63) is 35.4 Å². The van der Waals surface area contributed by atoms with Crippen molar-refractivity contribution in [2.75, 3.05) is 0 Å². The highest BCUT2D eigenvalue weighted by atomic mass is 15.0. The second kappa shape index (κ2) is 6.38. The van der Waals surface area contributed by atoms with E-state index in [0.29, 0.717) is 6.04 Å². The number of aryl methyl sites for hydroxylation is 1. The van der Waals surface area contributed by atoms with Crippen molar-refractivity contribution in [2.24, 2.45) is 5.92 Å². The van der Waals surface area contributed by atoms with E-state index in [0.717, 1.165) is 12.0 Å². The number of hydrogen-bond acceptors (Lipinski definition) is 1. The topological polar surface area (TPSA) is 12.0 Å². The van der Waals surface area contributed by atoms with Crippen molar-refractivity contribution in [3.8, 4) is 0 Å². The molecule has 100 valence electrons. The summed E-state index contributed by atoms with van der Waals surface area (Å²) in [5, 5.41) is 3.86. The lowest BCUT2D eigenvalue weighted by atomic mass is 9.82. The quantitative estimate of drug-likeness (QED) is 0.816. The van der Waals surface area contributed by atoms with Gasteiger partial charge in [-0.15, -0.1) is 0 Å². The second-order valence-electron chi connectivity index (χ2n) is 5.86. The van der Waals surface area contributed by atoms with Crippen LogP contribution in [-0.4, -0.2) is 6.04 Å². The fourth-order valence-corrected chi connectivity index (χ4v) is 3.19. The molecular weight excluding hydrogens is 218 g/mol. The van der Waals surface area contributed by atoms with E-state index in [4.69, 9.17) is 0 Å². The third kappa shape index (κ3) is 3.35. The third-order valence-electron chi connectivity index (χ3n) is 4.47. The summed E-state index contributed by atoms with van der Waals surface area (Å²) in [5.41, 5.74) is 2.76. The Hall–Kier alpha value is -0.820. The molecule has 2 unspecified atom stereocenters. The Bertz CT molecular complexity index is 354. The van der Waals surface area contributed by atoms with E-state index < -0.39 is 0 Å². The van der Waals surface area contributed by atoms with Crippen LogP contribution in [0.3, 0.4) is 0 Å². The fourth-order valence-electron chi connectivity index (χ4n) is 3.19. The number of nitrogens with one attached hydrogen (secondary N) is 1. The largest absolute Gasteiger partial charge is 0.307 e. The van der Waals surface area contributed by atoms with Crippen LogP contribution in [0, 0.1) is 12.8 Å². The van der Waals surface area contributed by atoms with Crippen LogP contribution in [-0.2, 0) is 0 Å². The highest BCUT2D eigenvalue weighted by Crippen LogP contribution is 2.28. The molecule has 0 spiro atoms. The highest BCUT2D eigenvalue weighted by Gasteiger charge is 2.24. The van der Waals surface area contributed by atoms with Gasteiger partial charge in [0.05, 0.1) is 0 Å². The summed E-state index contributed by atoms with van der Waals surface area (Å²) in [6.45, 7) is 6.78. The standard InChI is InChI=1S/C17H27N/c1-4-15-7-5-6-8-17(15)18-14(3)16-11-9-13(2)10-12-16/h9-12,14-15,17-18H,4-8H2,1-3H3/t14-,15?,17?/m1/s1. The van der Waals surface area contributed by atoms with E-state index in [1.54, 1.807) is 0 Å². The number of rotatable bonds is 4. The first-order valence-corrected chi connectivity index (χ1v) is 7.53. The molecule has 0 amide bonds. The molecule has 0 aromatic heterocycles. The summed E-state index contributed by atoms with van der Waals surface area (Å²) < 4.78 is 0. The Morgan fingerprint density at radius 2 is 1.83 bits per heavy atom. The van der Waals surface area contributed by atoms with Crippen LogP contribution in [0.4, 0.5) is 0 Å². The van der Waals surface area contributed by atoms with Gasteiger partial charge < -0.3 is 5.32 Å². The Morgan fingerprint density at radius 1 is 1.17 bits per heavy atom. The van der Waals surface area contributed by atoms with Crippen molar-refractivity contribution in [1.82, 2.24) is 5.32 Å². The van der Waals surface area contributed by atoms with Gasteiger partial charge in [0.25, 0.3) is 0 Å². The first kappa shape index (κ1) is 13.6. The maximum absolute atomic E-state index is 3.86. The highest BCUT2D eigenvalue weighted by molar-refractivity contribution is 5.23. The first-order valence-electron chi connectivity index (χ1n) is 7.53. The molecule has 1 aliphatic carbocycles. The maximum atomic E-state index is 3.86. The van der Waals surface area contributed by atoms with E-state index in [9.17, 15) is 0 Å². The summed E-state index contributed by atoms with van der Waals surface area (Å²) >= 11 is 0. The molecule has 0 radical (unpaired) electrons. The van der Waals surface area contributed by atoms with Gasteiger partial charge in [-0.1, -0.05) is 56.0 Å². The van der Waals surface area contributed by atoms with Crippen molar-refractivity contribution in [1.29, 1.82) is 0 Å². The lowest BCUT2D eigenvalue weighted by molar-refractivity contribution is 0.240. The fraction of sp³-hybridized carbons (Fsp3) is 0.647. The van der Waals surface area contributed by atoms with Gasteiger partial charge in [0, 0.05) is 12.1 Å². The van der Waals surface area contributed by atoms with E-state index in [-0.39, 0.29) is 0 Å². The van der Waals surface area contributed by atoms with Crippen molar-refractivity contribution >= 4 is 0 Å². The third-order valence-corrected chi connectivity index (χ3v) is 4.47. The molecule has 0 saturated heterocycles. The Balaban J connectivity index is 1.97. The van der Waals surface area contributed by atoms with Crippen LogP contribution in [0.5, 0.6) is 0 Å². The van der Waals surface area contributed by atoms with Crippen molar-refractivity contribution in [2.45, 2.75) is 65.0 Å². The summed E-state index contributed by atoms with van der Waals surface area (Å²) in [5.74, 6) is 0.881. The van der Waals surface area contributed by atoms with Crippen LogP contribution in [0.2, 0.25) is 0 Å². The molecule has 18 heavy (non-hydrogen) atoms. The van der Waals surface area contributed by atoms with Gasteiger partial charge in [-0.2, -0.15) is 0 Å². The van der Waals surface area contributed by atoms with Crippen LogP contribution in [0.1, 0.15) is 63.1 Å². The zero-order chi connectivity index (χ0) is 13.0. The van der Waals surface area contributed by atoms with E-state index in [1.165, 1.54) is 43.2 Å². The smallest absolute Gasteiger partial charge is 0.0294 e. The average Bonchev–Trinajstić information content (AvgIpc) is 2.40. The number of hydrogen-bond donors (Lipinski definition) is 1. The number of benzene rings is 1. The average molecular weight is 245 g/mol. The van der Waals surface area contributed by atoms with E-state index >= 15 is 0 Å². The summed E-state index contributed by atoms with van der Waals surface area (Å²) in [6.07, 6.45) is 6.91. The van der Waals surface area contributed by atoms with E-state index in [2.05, 4.69) is 50.4 Å². The van der Waals surface area contributed by atoms with Crippen molar-refractivity contribution in [3.63, 3.8) is 0 Å². The van der Waals surface area contributed by atoms with Gasteiger partial charge in [-0.25, -0.2) is 0 Å². The van der Waals surface area contributed by atoms with E-state index in [1.807, 2.05) is 0 Å². The molecule has 1 heteroatoms. The monoisotopic (exact) mass is 245 g/mol. The second-order valence-corrected chi connectivity index (χ2v) is 5.86. The molecule has 0 aliphatic heterocycles. The molecule has 2 rings (SSSR count). The molecule has 1 aromatic carbocycles.